The van der Waals surface area contributed by atoms with E-state index in [1.54, 1.807) is 11.3 Å². The highest BCUT2D eigenvalue weighted by atomic mass is 32.1. The highest BCUT2D eigenvalue weighted by molar-refractivity contribution is 7.09. The summed E-state index contributed by atoms with van der Waals surface area (Å²) in [5, 5.41) is 6.70. The van der Waals surface area contributed by atoms with Crippen molar-refractivity contribution >= 4 is 11.3 Å². The lowest BCUT2D eigenvalue weighted by atomic mass is 9.97. The van der Waals surface area contributed by atoms with E-state index in [2.05, 4.69) is 48.4 Å². The minimum absolute atomic E-state index is 0.115. The summed E-state index contributed by atoms with van der Waals surface area (Å²) in [6, 6.07) is 10.4. The zero-order chi connectivity index (χ0) is 13.7. The Balaban J connectivity index is 2.01. The molecule has 19 heavy (non-hydrogen) atoms. The van der Waals surface area contributed by atoms with Crippen LogP contribution in [0, 0.1) is 0 Å². The molecule has 0 saturated heterocycles. The molecule has 4 heteroatoms. The van der Waals surface area contributed by atoms with E-state index in [1.165, 1.54) is 5.56 Å². The average Bonchev–Trinajstić information content (AvgIpc) is 2.95. The van der Waals surface area contributed by atoms with Gasteiger partial charge in [0.15, 0.2) is 0 Å². The molecule has 0 saturated carbocycles. The van der Waals surface area contributed by atoms with Crippen LogP contribution in [0.3, 0.4) is 0 Å². The zero-order valence-electron chi connectivity index (χ0n) is 11.5. The van der Waals surface area contributed by atoms with E-state index < -0.39 is 0 Å². The van der Waals surface area contributed by atoms with Gasteiger partial charge in [0, 0.05) is 30.6 Å². The normalized spacial score (nSPS) is 13.4. The van der Waals surface area contributed by atoms with E-state index in [1.807, 2.05) is 17.6 Å². The number of hydrogen-bond donors (Lipinski definition) is 2. The summed E-state index contributed by atoms with van der Waals surface area (Å²) in [6.45, 7) is 5.81. The summed E-state index contributed by atoms with van der Waals surface area (Å²) in [7, 11) is 0. The molecule has 3 N–H and O–H groups in total. The Bertz CT molecular complexity index is 479. The fraction of sp³-hybridized carbons (Fsp3) is 0.400. The van der Waals surface area contributed by atoms with Crippen LogP contribution in [0.4, 0.5) is 0 Å². The largest absolute Gasteiger partial charge is 0.330 e. The Labute approximate surface area is 118 Å². The molecule has 0 radical (unpaired) electrons. The molecule has 0 spiro atoms. The summed E-state index contributed by atoms with van der Waals surface area (Å²) < 4.78 is 0. The molecule has 1 aromatic carbocycles. The van der Waals surface area contributed by atoms with Gasteiger partial charge in [-0.1, -0.05) is 30.3 Å². The van der Waals surface area contributed by atoms with E-state index in [4.69, 9.17) is 5.73 Å². The van der Waals surface area contributed by atoms with Crippen molar-refractivity contribution in [2.24, 2.45) is 5.73 Å². The van der Waals surface area contributed by atoms with Crippen molar-refractivity contribution < 1.29 is 0 Å². The maximum absolute atomic E-state index is 5.90. The molecule has 0 bridgehead atoms. The molecule has 0 aliphatic heterocycles. The molecule has 1 heterocycles. The van der Waals surface area contributed by atoms with Crippen molar-refractivity contribution in [3.8, 4) is 0 Å². The minimum Gasteiger partial charge on any atom is -0.330 e. The first-order chi connectivity index (χ1) is 9.13. The molecule has 1 atom stereocenters. The first-order valence-electron chi connectivity index (χ1n) is 6.53. The van der Waals surface area contributed by atoms with Crippen molar-refractivity contribution in [2.45, 2.75) is 25.3 Å². The second-order valence-corrected chi connectivity index (χ2v) is 6.08. The van der Waals surface area contributed by atoms with E-state index in [0.717, 1.165) is 11.6 Å². The van der Waals surface area contributed by atoms with Crippen LogP contribution in [-0.2, 0) is 5.54 Å². The number of rotatable bonds is 6. The van der Waals surface area contributed by atoms with Gasteiger partial charge in [-0.05, 0) is 19.4 Å². The highest BCUT2D eigenvalue weighted by Gasteiger charge is 2.24. The van der Waals surface area contributed by atoms with Gasteiger partial charge in [-0.3, -0.25) is 0 Å². The second kappa shape index (κ2) is 6.28. The minimum atomic E-state index is -0.115. The van der Waals surface area contributed by atoms with Crippen LogP contribution in [0.2, 0.25) is 0 Å². The molecular weight excluding hydrogens is 254 g/mol. The lowest BCUT2D eigenvalue weighted by molar-refractivity contribution is 0.385. The predicted molar refractivity (Wildman–Crippen MR) is 81.4 cm³/mol. The summed E-state index contributed by atoms with van der Waals surface area (Å²) in [6.07, 6.45) is 1.85. The van der Waals surface area contributed by atoms with Gasteiger partial charge in [0.25, 0.3) is 0 Å². The maximum atomic E-state index is 5.90. The van der Waals surface area contributed by atoms with Gasteiger partial charge in [-0.15, -0.1) is 11.3 Å². The van der Waals surface area contributed by atoms with Gasteiger partial charge in [-0.2, -0.15) is 0 Å². The standard InChI is InChI=1S/C15H21N3S/c1-15(2,14-17-8-9-19-14)18-11-13(10-16)12-6-4-3-5-7-12/h3-9,13,18H,10-11,16H2,1-2H3. The Morgan fingerprint density at radius 3 is 2.63 bits per heavy atom. The molecule has 0 amide bonds. The number of nitrogens with zero attached hydrogens (tertiary/aromatic N) is 1. The molecule has 1 aromatic heterocycles. The van der Waals surface area contributed by atoms with Crippen LogP contribution in [-0.4, -0.2) is 18.1 Å². The number of benzene rings is 1. The third-order valence-corrected chi connectivity index (χ3v) is 4.41. The van der Waals surface area contributed by atoms with Crippen LogP contribution in [0.5, 0.6) is 0 Å². The van der Waals surface area contributed by atoms with Gasteiger partial charge in [-0.25, -0.2) is 4.98 Å². The molecular formula is C15H21N3S. The van der Waals surface area contributed by atoms with Crippen molar-refractivity contribution in [3.05, 3.63) is 52.5 Å². The average molecular weight is 275 g/mol. The molecule has 0 aliphatic carbocycles. The maximum Gasteiger partial charge on any atom is 0.112 e. The topological polar surface area (TPSA) is 50.9 Å². The highest BCUT2D eigenvalue weighted by Crippen LogP contribution is 2.23. The first kappa shape index (κ1) is 14.2. The summed E-state index contributed by atoms with van der Waals surface area (Å²) >= 11 is 1.68. The molecule has 1 unspecified atom stereocenters. The molecule has 2 aromatic rings. The third kappa shape index (κ3) is 3.62. The van der Waals surface area contributed by atoms with Crippen molar-refractivity contribution in [1.29, 1.82) is 0 Å². The number of aromatic nitrogens is 1. The number of thiazole rings is 1. The van der Waals surface area contributed by atoms with Crippen LogP contribution < -0.4 is 11.1 Å². The van der Waals surface area contributed by atoms with Gasteiger partial charge in [0.1, 0.15) is 5.01 Å². The van der Waals surface area contributed by atoms with Crippen molar-refractivity contribution in [2.75, 3.05) is 13.1 Å². The SMILES string of the molecule is CC(C)(NCC(CN)c1ccccc1)c1nccs1. The zero-order valence-corrected chi connectivity index (χ0v) is 12.3. The van der Waals surface area contributed by atoms with Crippen LogP contribution in [0.25, 0.3) is 0 Å². The van der Waals surface area contributed by atoms with Gasteiger partial charge >= 0.3 is 0 Å². The lowest BCUT2D eigenvalue weighted by Gasteiger charge is -2.27. The smallest absolute Gasteiger partial charge is 0.112 e. The fourth-order valence-electron chi connectivity index (χ4n) is 2.05. The number of hydrogen-bond acceptors (Lipinski definition) is 4. The van der Waals surface area contributed by atoms with Crippen LogP contribution in [0.15, 0.2) is 41.9 Å². The molecule has 0 fully saturated rings. The van der Waals surface area contributed by atoms with Gasteiger partial charge in [0.05, 0.1) is 5.54 Å². The third-order valence-electron chi connectivity index (χ3n) is 3.31. The second-order valence-electron chi connectivity index (χ2n) is 5.19. The summed E-state index contributed by atoms with van der Waals surface area (Å²) in [5.74, 6) is 0.334. The molecule has 0 aliphatic rings. The first-order valence-corrected chi connectivity index (χ1v) is 7.41. The number of nitrogens with one attached hydrogen (secondary N) is 1. The van der Waals surface area contributed by atoms with Crippen LogP contribution in [0.1, 0.15) is 30.3 Å². The van der Waals surface area contributed by atoms with E-state index in [0.29, 0.717) is 12.5 Å². The lowest BCUT2D eigenvalue weighted by Crippen LogP contribution is -2.40. The Hall–Kier alpha value is -1.23. The fourth-order valence-corrected chi connectivity index (χ4v) is 2.79. The molecule has 3 nitrogen and oxygen atoms in total. The monoisotopic (exact) mass is 275 g/mol. The summed E-state index contributed by atoms with van der Waals surface area (Å²) in [5.41, 5.74) is 7.07. The van der Waals surface area contributed by atoms with E-state index >= 15 is 0 Å². The molecule has 2 rings (SSSR count). The van der Waals surface area contributed by atoms with E-state index in [-0.39, 0.29) is 5.54 Å². The van der Waals surface area contributed by atoms with Crippen LogP contribution >= 0.6 is 11.3 Å². The van der Waals surface area contributed by atoms with Crippen molar-refractivity contribution in [1.82, 2.24) is 10.3 Å². The Morgan fingerprint density at radius 2 is 2.05 bits per heavy atom. The quantitative estimate of drug-likeness (QED) is 0.852. The predicted octanol–water partition coefficient (Wildman–Crippen LogP) is 2.71. The molecule has 102 valence electrons. The summed E-state index contributed by atoms with van der Waals surface area (Å²) in [4.78, 5) is 4.39. The Kier molecular flexibility index (Phi) is 4.69. The van der Waals surface area contributed by atoms with Crippen molar-refractivity contribution in [3.63, 3.8) is 0 Å². The van der Waals surface area contributed by atoms with E-state index in [9.17, 15) is 0 Å². The number of nitrogens with two attached hydrogens (primary N) is 1. The Morgan fingerprint density at radius 1 is 1.32 bits per heavy atom. The van der Waals surface area contributed by atoms with Gasteiger partial charge in [0.2, 0.25) is 0 Å². The van der Waals surface area contributed by atoms with Gasteiger partial charge < -0.3 is 11.1 Å².